The smallest absolute Gasteiger partial charge is 0.399 e. The van der Waals surface area contributed by atoms with Crippen LogP contribution in [0.1, 0.15) is 65.1 Å². The summed E-state index contributed by atoms with van der Waals surface area (Å²) in [6.45, 7) is 8.23. The number of hydrogen-bond acceptors (Lipinski definition) is 4. The van der Waals surface area contributed by atoms with Gasteiger partial charge in [0, 0.05) is 23.8 Å². The molecule has 1 aliphatic carbocycles. The topological polar surface area (TPSA) is 44.2 Å². The summed E-state index contributed by atoms with van der Waals surface area (Å²) in [6.07, 6.45) is 8.76. The number of hydrogen-bond donors (Lipinski definition) is 0. The van der Waals surface area contributed by atoms with Crippen LogP contribution in [0.5, 0.6) is 0 Å². The third kappa shape index (κ3) is 2.37. The van der Waals surface area contributed by atoms with Gasteiger partial charge in [-0.1, -0.05) is 12.8 Å². The van der Waals surface area contributed by atoms with Gasteiger partial charge in [-0.15, -0.1) is 0 Å². The molecule has 20 heavy (non-hydrogen) atoms. The minimum Gasteiger partial charge on any atom is -0.399 e. The molecule has 0 spiro atoms. The molecule has 1 aromatic rings. The van der Waals surface area contributed by atoms with E-state index in [4.69, 9.17) is 9.31 Å². The van der Waals surface area contributed by atoms with Crippen molar-refractivity contribution in [3.8, 4) is 0 Å². The van der Waals surface area contributed by atoms with Crippen LogP contribution in [0.2, 0.25) is 0 Å². The molecule has 1 aliphatic heterocycles. The molecule has 2 heterocycles. The quantitative estimate of drug-likeness (QED) is 0.777. The second-order valence-corrected chi connectivity index (χ2v) is 6.94. The molecule has 5 heteroatoms. The average molecular weight is 274 g/mol. The Morgan fingerprint density at radius 3 is 2.00 bits per heavy atom. The van der Waals surface area contributed by atoms with E-state index in [1.165, 1.54) is 25.7 Å². The number of aromatic nitrogens is 2. The van der Waals surface area contributed by atoms with E-state index in [1.54, 1.807) is 0 Å². The third-order valence-corrected chi connectivity index (χ3v) is 4.94. The zero-order valence-electron chi connectivity index (χ0n) is 12.8. The molecule has 1 saturated carbocycles. The van der Waals surface area contributed by atoms with Crippen molar-refractivity contribution in [1.82, 2.24) is 9.97 Å². The van der Waals surface area contributed by atoms with Crippen LogP contribution in [0.3, 0.4) is 0 Å². The molecule has 1 aromatic heterocycles. The molecule has 1 saturated heterocycles. The molecule has 108 valence electrons. The van der Waals surface area contributed by atoms with Crippen molar-refractivity contribution in [3.63, 3.8) is 0 Å². The Kier molecular flexibility index (Phi) is 3.37. The molecular formula is C15H23BN2O2. The first-order chi connectivity index (χ1) is 9.39. The van der Waals surface area contributed by atoms with Crippen LogP contribution < -0.4 is 5.46 Å². The summed E-state index contributed by atoms with van der Waals surface area (Å²) in [5.41, 5.74) is 0.272. The fourth-order valence-corrected chi connectivity index (χ4v) is 2.84. The van der Waals surface area contributed by atoms with Gasteiger partial charge in [0.1, 0.15) is 5.82 Å². The highest BCUT2D eigenvalue weighted by Gasteiger charge is 2.51. The molecule has 2 fully saturated rings. The van der Waals surface area contributed by atoms with Crippen molar-refractivity contribution < 1.29 is 9.31 Å². The van der Waals surface area contributed by atoms with Crippen molar-refractivity contribution in [2.75, 3.05) is 0 Å². The summed E-state index contributed by atoms with van der Waals surface area (Å²) >= 11 is 0. The summed E-state index contributed by atoms with van der Waals surface area (Å²) in [7, 11) is -0.363. The van der Waals surface area contributed by atoms with Crippen LogP contribution in [-0.4, -0.2) is 28.3 Å². The van der Waals surface area contributed by atoms with Crippen LogP contribution in [0.15, 0.2) is 12.4 Å². The highest BCUT2D eigenvalue weighted by molar-refractivity contribution is 6.61. The second kappa shape index (κ2) is 4.81. The minimum absolute atomic E-state index is 0.318. The average Bonchev–Trinajstić information content (AvgIpc) is 2.97. The highest BCUT2D eigenvalue weighted by Crippen LogP contribution is 2.36. The first-order valence-corrected chi connectivity index (χ1v) is 7.56. The Bertz CT molecular complexity index is 465. The molecule has 0 N–H and O–H groups in total. The molecule has 0 aromatic carbocycles. The van der Waals surface area contributed by atoms with Gasteiger partial charge in [0.05, 0.1) is 11.2 Å². The first-order valence-electron chi connectivity index (χ1n) is 7.56. The van der Waals surface area contributed by atoms with Gasteiger partial charge in [0.25, 0.3) is 0 Å². The zero-order valence-corrected chi connectivity index (χ0v) is 12.8. The van der Waals surface area contributed by atoms with E-state index in [0.29, 0.717) is 5.92 Å². The molecule has 0 bridgehead atoms. The van der Waals surface area contributed by atoms with E-state index in [-0.39, 0.29) is 18.3 Å². The van der Waals surface area contributed by atoms with Crippen LogP contribution in [0, 0.1) is 0 Å². The third-order valence-electron chi connectivity index (χ3n) is 4.94. The molecule has 0 unspecified atom stereocenters. The number of nitrogens with zero attached hydrogens (tertiary/aromatic N) is 2. The Balaban J connectivity index is 1.75. The Hall–Kier alpha value is -0.935. The molecule has 0 atom stereocenters. The molecule has 3 rings (SSSR count). The summed E-state index contributed by atoms with van der Waals surface area (Å²) in [5, 5.41) is 0. The fourth-order valence-electron chi connectivity index (χ4n) is 2.84. The van der Waals surface area contributed by atoms with Gasteiger partial charge in [-0.25, -0.2) is 9.97 Å². The maximum Gasteiger partial charge on any atom is 0.498 e. The Morgan fingerprint density at radius 1 is 1.00 bits per heavy atom. The van der Waals surface area contributed by atoms with Crippen molar-refractivity contribution in [3.05, 3.63) is 18.2 Å². The lowest BCUT2D eigenvalue weighted by molar-refractivity contribution is 0.00578. The van der Waals surface area contributed by atoms with Crippen LogP contribution >= 0.6 is 0 Å². The van der Waals surface area contributed by atoms with Crippen LogP contribution in [0.4, 0.5) is 0 Å². The summed E-state index contributed by atoms with van der Waals surface area (Å²) in [5.74, 6) is 1.52. The van der Waals surface area contributed by atoms with Gasteiger partial charge in [-0.2, -0.15) is 0 Å². The molecule has 2 aliphatic rings. The lowest BCUT2D eigenvalue weighted by Crippen LogP contribution is -2.41. The van der Waals surface area contributed by atoms with E-state index in [2.05, 4.69) is 37.7 Å². The van der Waals surface area contributed by atoms with Crippen molar-refractivity contribution >= 4 is 12.6 Å². The molecule has 0 radical (unpaired) electrons. The van der Waals surface area contributed by atoms with Gasteiger partial charge < -0.3 is 9.31 Å². The maximum atomic E-state index is 6.01. The Morgan fingerprint density at radius 2 is 1.50 bits per heavy atom. The second-order valence-electron chi connectivity index (χ2n) is 6.94. The fraction of sp³-hybridized carbons (Fsp3) is 0.733. The van der Waals surface area contributed by atoms with Gasteiger partial charge in [0.2, 0.25) is 0 Å². The number of rotatable bonds is 2. The van der Waals surface area contributed by atoms with Crippen LogP contribution in [0.25, 0.3) is 0 Å². The normalized spacial score (nSPS) is 25.3. The molecular weight excluding hydrogens is 251 g/mol. The SMILES string of the molecule is CC1(C)OB(c2cnc(C3CCCC3)nc2)OC1(C)C. The highest BCUT2D eigenvalue weighted by atomic mass is 16.7. The summed E-state index contributed by atoms with van der Waals surface area (Å²) in [4.78, 5) is 9.06. The Labute approximate surface area is 121 Å². The maximum absolute atomic E-state index is 6.01. The summed E-state index contributed by atoms with van der Waals surface area (Å²) in [6, 6.07) is 0. The standard InChI is InChI=1S/C15H23BN2O2/c1-14(2)15(3,4)20-16(19-14)12-9-17-13(18-10-12)11-7-5-6-8-11/h9-11H,5-8H2,1-4H3. The van der Waals surface area contributed by atoms with Gasteiger partial charge >= 0.3 is 7.12 Å². The molecule has 4 nitrogen and oxygen atoms in total. The van der Waals surface area contributed by atoms with Crippen molar-refractivity contribution in [2.24, 2.45) is 0 Å². The van der Waals surface area contributed by atoms with Gasteiger partial charge in [0.15, 0.2) is 0 Å². The predicted octanol–water partition coefficient (Wildman–Crippen LogP) is 2.43. The molecule has 0 amide bonds. The lowest BCUT2D eigenvalue weighted by Gasteiger charge is -2.32. The predicted molar refractivity (Wildman–Crippen MR) is 79.0 cm³/mol. The largest absolute Gasteiger partial charge is 0.498 e. The van der Waals surface area contributed by atoms with Crippen molar-refractivity contribution in [2.45, 2.75) is 70.5 Å². The van der Waals surface area contributed by atoms with Gasteiger partial charge in [-0.05, 0) is 40.5 Å². The minimum atomic E-state index is -0.363. The van der Waals surface area contributed by atoms with E-state index in [9.17, 15) is 0 Å². The zero-order chi connectivity index (χ0) is 14.4. The monoisotopic (exact) mass is 274 g/mol. The summed E-state index contributed by atoms with van der Waals surface area (Å²) < 4.78 is 12.0. The van der Waals surface area contributed by atoms with E-state index < -0.39 is 0 Å². The van der Waals surface area contributed by atoms with E-state index in [1.807, 2.05) is 12.4 Å². The van der Waals surface area contributed by atoms with Crippen LogP contribution in [-0.2, 0) is 9.31 Å². The van der Waals surface area contributed by atoms with E-state index >= 15 is 0 Å². The van der Waals surface area contributed by atoms with E-state index in [0.717, 1.165) is 11.3 Å². The lowest BCUT2D eigenvalue weighted by atomic mass is 9.81. The first kappa shape index (κ1) is 14.0. The van der Waals surface area contributed by atoms with Crippen molar-refractivity contribution in [1.29, 1.82) is 0 Å². The van der Waals surface area contributed by atoms with Gasteiger partial charge in [-0.3, -0.25) is 0 Å².